The first-order valence-corrected chi connectivity index (χ1v) is 7.14. The van der Waals surface area contributed by atoms with Gasteiger partial charge in [0.1, 0.15) is 11.5 Å². The van der Waals surface area contributed by atoms with Gasteiger partial charge >= 0.3 is 0 Å². The fourth-order valence-corrected chi connectivity index (χ4v) is 2.35. The predicted octanol–water partition coefficient (Wildman–Crippen LogP) is 3.59. The quantitative estimate of drug-likeness (QED) is 0.561. The van der Waals surface area contributed by atoms with Crippen molar-refractivity contribution in [1.82, 2.24) is 15.3 Å². The Balaban J connectivity index is 2.24. The van der Waals surface area contributed by atoms with Crippen LogP contribution in [-0.4, -0.2) is 20.9 Å². The summed E-state index contributed by atoms with van der Waals surface area (Å²) >= 11 is 5.84. The molecule has 0 fully saturated rings. The van der Waals surface area contributed by atoms with Crippen molar-refractivity contribution in [3.05, 3.63) is 70.9 Å². The largest absolute Gasteiger partial charge is 0.298 e. The molecular weight excluding hydrogens is 340 g/mol. The Labute approximate surface area is 140 Å². The molecule has 5 nitrogen and oxygen atoms in total. The van der Waals surface area contributed by atoms with Gasteiger partial charge in [-0.1, -0.05) is 23.7 Å². The van der Waals surface area contributed by atoms with E-state index >= 15 is 0 Å². The molecule has 1 heterocycles. The Kier molecular flexibility index (Phi) is 4.28. The van der Waals surface area contributed by atoms with Gasteiger partial charge in [0.2, 0.25) is 0 Å². The van der Waals surface area contributed by atoms with Gasteiger partial charge in [-0.15, -0.1) is 0 Å². The van der Waals surface area contributed by atoms with Crippen LogP contribution < -0.4 is 5.48 Å². The molecule has 0 saturated carbocycles. The molecular formula is C16H10ClF2N3O2. The van der Waals surface area contributed by atoms with E-state index in [0.29, 0.717) is 16.3 Å². The highest BCUT2D eigenvalue weighted by molar-refractivity contribution is 6.30. The Morgan fingerprint density at radius 1 is 1.08 bits per heavy atom. The molecule has 0 saturated heterocycles. The molecule has 2 aromatic carbocycles. The number of benzene rings is 2. The molecule has 0 aliphatic carbocycles. The summed E-state index contributed by atoms with van der Waals surface area (Å²) in [6.07, 6.45) is 0. The topological polar surface area (TPSA) is 67.2 Å². The average molecular weight is 350 g/mol. The molecule has 2 N–H and O–H groups in total. The zero-order valence-corrected chi connectivity index (χ0v) is 12.8. The maximum atomic E-state index is 14.7. The summed E-state index contributed by atoms with van der Waals surface area (Å²) in [6, 6.07) is 11.4. The van der Waals surface area contributed by atoms with E-state index in [1.54, 1.807) is 24.3 Å². The molecule has 1 amide bonds. The van der Waals surface area contributed by atoms with Gasteiger partial charge in [0, 0.05) is 10.6 Å². The Bertz CT molecular complexity index is 893. The number of aromatic nitrogens is 2. The third-order valence-electron chi connectivity index (χ3n) is 3.33. The molecule has 3 aromatic rings. The van der Waals surface area contributed by atoms with Crippen molar-refractivity contribution >= 4 is 17.5 Å². The first-order chi connectivity index (χ1) is 11.5. The van der Waals surface area contributed by atoms with Crippen LogP contribution in [0.4, 0.5) is 8.78 Å². The van der Waals surface area contributed by atoms with Crippen LogP contribution in [0, 0.1) is 11.6 Å². The molecule has 8 heteroatoms. The lowest BCUT2D eigenvalue weighted by molar-refractivity contribution is 0.0696. The number of rotatable bonds is 3. The average Bonchev–Trinajstić information content (AvgIpc) is 2.93. The molecule has 0 spiro atoms. The number of nitrogens with zero attached hydrogens (tertiary/aromatic N) is 2. The van der Waals surface area contributed by atoms with Gasteiger partial charge < -0.3 is 0 Å². The van der Waals surface area contributed by atoms with E-state index in [9.17, 15) is 13.6 Å². The van der Waals surface area contributed by atoms with E-state index in [1.165, 1.54) is 29.7 Å². The lowest BCUT2D eigenvalue weighted by Gasteiger charge is -2.07. The first kappa shape index (κ1) is 16.1. The smallest absolute Gasteiger partial charge is 0.288 e. The minimum Gasteiger partial charge on any atom is -0.288 e. The number of halogens is 3. The van der Waals surface area contributed by atoms with Crippen molar-refractivity contribution < 1.29 is 18.8 Å². The lowest BCUT2D eigenvalue weighted by atomic mass is 10.1. The fourth-order valence-electron chi connectivity index (χ4n) is 2.22. The van der Waals surface area contributed by atoms with Crippen LogP contribution in [0.2, 0.25) is 5.02 Å². The second-order valence-electron chi connectivity index (χ2n) is 4.85. The van der Waals surface area contributed by atoms with E-state index in [2.05, 4.69) is 5.10 Å². The molecule has 0 bridgehead atoms. The van der Waals surface area contributed by atoms with Crippen molar-refractivity contribution in [2.45, 2.75) is 0 Å². The Hall–Kier alpha value is -2.77. The minimum atomic E-state index is -1.09. The maximum Gasteiger partial charge on any atom is 0.298 e. The first-order valence-electron chi connectivity index (χ1n) is 6.76. The van der Waals surface area contributed by atoms with Crippen LogP contribution in [0.15, 0.2) is 48.5 Å². The van der Waals surface area contributed by atoms with E-state index in [0.717, 1.165) is 4.68 Å². The van der Waals surface area contributed by atoms with Gasteiger partial charge in [-0.05, 0) is 36.4 Å². The molecule has 0 radical (unpaired) electrons. The summed E-state index contributed by atoms with van der Waals surface area (Å²) in [6.45, 7) is 0. The third kappa shape index (κ3) is 2.86. The molecule has 3 rings (SSSR count). The number of hydrogen-bond acceptors (Lipinski definition) is 3. The molecule has 122 valence electrons. The van der Waals surface area contributed by atoms with E-state index in [4.69, 9.17) is 16.8 Å². The monoisotopic (exact) mass is 349 g/mol. The molecule has 1 aromatic heterocycles. The highest BCUT2D eigenvalue weighted by atomic mass is 35.5. The summed E-state index contributed by atoms with van der Waals surface area (Å²) in [5, 5.41) is 13.1. The zero-order chi connectivity index (χ0) is 17.3. The van der Waals surface area contributed by atoms with Gasteiger partial charge in [0.15, 0.2) is 11.5 Å². The molecule has 0 aliphatic rings. The standard InChI is InChI=1S/C16H10ClF2N3O2/c17-10-3-1-9(2-4-10)15-13(19)14(16(23)21-24)20-22(15)12-7-5-11(18)6-8-12/h1-8,24H,(H,21,23). The number of hydroxylamine groups is 1. The maximum absolute atomic E-state index is 14.7. The van der Waals surface area contributed by atoms with Crippen LogP contribution >= 0.6 is 11.6 Å². The normalized spacial score (nSPS) is 10.7. The van der Waals surface area contributed by atoms with E-state index < -0.39 is 23.2 Å². The van der Waals surface area contributed by atoms with Crippen LogP contribution in [0.3, 0.4) is 0 Å². The summed E-state index contributed by atoms with van der Waals surface area (Å²) in [5.74, 6) is -2.48. The predicted molar refractivity (Wildman–Crippen MR) is 83.2 cm³/mol. The summed E-state index contributed by atoms with van der Waals surface area (Å²) in [4.78, 5) is 11.6. The van der Waals surface area contributed by atoms with Gasteiger partial charge in [0.25, 0.3) is 5.91 Å². The van der Waals surface area contributed by atoms with Crippen molar-refractivity contribution in [3.63, 3.8) is 0 Å². The van der Waals surface area contributed by atoms with E-state index in [1.807, 2.05) is 0 Å². The van der Waals surface area contributed by atoms with Crippen LogP contribution in [-0.2, 0) is 0 Å². The Morgan fingerprint density at radius 3 is 2.29 bits per heavy atom. The second-order valence-corrected chi connectivity index (χ2v) is 5.28. The number of amides is 1. The number of hydrogen-bond donors (Lipinski definition) is 2. The summed E-state index contributed by atoms with van der Waals surface area (Å²) in [7, 11) is 0. The van der Waals surface area contributed by atoms with Crippen molar-refractivity contribution in [2.75, 3.05) is 0 Å². The van der Waals surface area contributed by atoms with Gasteiger partial charge in [-0.2, -0.15) is 5.10 Å². The van der Waals surface area contributed by atoms with Crippen LogP contribution in [0.25, 0.3) is 16.9 Å². The summed E-state index contributed by atoms with van der Waals surface area (Å²) < 4.78 is 29.0. The second kappa shape index (κ2) is 6.38. The lowest BCUT2D eigenvalue weighted by Crippen LogP contribution is -2.20. The van der Waals surface area contributed by atoms with Gasteiger partial charge in [-0.25, -0.2) is 18.9 Å². The van der Waals surface area contributed by atoms with Crippen molar-refractivity contribution in [2.24, 2.45) is 0 Å². The highest BCUT2D eigenvalue weighted by Crippen LogP contribution is 2.29. The molecule has 24 heavy (non-hydrogen) atoms. The molecule has 0 unspecified atom stereocenters. The fraction of sp³-hybridized carbons (Fsp3) is 0. The van der Waals surface area contributed by atoms with Crippen molar-refractivity contribution in [1.29, 1.82) is 0 Å². The number of carbonyl (C=O) groups is 1. The SMILES string of the molecule is O=C(NO)c1nn(-c2ccc(F)cc2)c(-c2ccc(Cl)cc2)c1F. The third-order valence-corrected chi connectivity index (χ3v) is 3.59. The van der Waals surface area contributed by atoms with Gasteiger partial charge in [-0.3, -0.25) is 10.0 Å². The molecule has 0 atom stereocenters. The minimum absolute atomic E-state index is 0.0168. The van der Waals surface area contributed by atoms with Crippen molar-refractivity contribution in [3.8, 4) is 16.9 Å². The number of carbonyl (C=O) groups excluding carboxylic acids is 1. The highest BCUT2D eigenvalue weighted by Gasteiger charge is 2.25. The summed E-state index contributed by atoms with van der Waals surface area (Å²) in [5.41, 5.74) is 1.49. The van der Waals surface area contributed by atoms with Crippen LogP contribution in [0.1, 0.15) is 10.5 Å². The Morgan fingerprint density at radius 2 is 1.71 bits per heavy atom. The zero-order valence-electron chi connectivity index (χ0n) is 12.0. The van der Waals surface area contributed by atoms with Gasteiger partial charge in [0.05, 0.1) is 5.69 Å². The van der Waals surface area contributed by atoms with Crippen LogP contribution in [0.5, 0.6) is 0 Å². The molecule has 0 aliphatic heterocycles. The van der Waals surface area contributed by atoms with E-state index in [-0.39, 0.29) is 5.69 Å². The number of nitrogens with one attached hydrogen (secondary N) is 1.